The number of hydrogen-bond donors (Lipinski definition) is 2. The average Bonchev–Trinajstić information content (AvgIpc) is 3.61. The van der Waals surface area contributed by atoms with Crippen LogP contribution in [0.2, 0.25) is 0 Å². The zero-order chi connectivity index (χ0) is 36.0. The van der Waals surface area contributed by atoms with Gasteiger partial charge in [0.15, 0.2) is 0 Å². The van der Waals surface area contributed by atoms with Gasteiger partial charge in [0.25, 0.3) is 0 Å². The molecule has 4 aromatic rings. The van der Waals surface area contributed by atoms with Gasteiger partial charge in [-0.3, -0.25) is 34.0 Å². The molecule has 272 valence electrons. The molecular weight excluding hydrogens is 654 g/mol. The molecule has 3 fully saturated rings. The molecule has 4 heterocycles. The number of aryl methyl sites for hydroxylation is 1. The van der Waals surface area contributed by atoms with Gasteiger partial charge in [-0.2, -0.15) is 5.10 Å². The highest BCUT2D eigenvalue weighted by Crippen LogP contribution is 2.36. The molecule has 0 spiro atoms. The third-order valence-corrected chi connectivity index (χ3v) is 10.3. The minimum absolute atomic E-state index is 0.162. The summed E-state index contributed by atoms with van der Waals surface area (Å²) in [6, 6.07) is 9.10. The van der Waals surface area contributed by atoms with Gasteiger partial charge < -0.3 is 19.1 Å². The molecule has 2 saturated heterocycles. The van der Waals surface area contributed by atoms with Gasteiger partial charge in [0.1, 0.15) is 17.4 Å². The van der Waals surface area contributed by atoms with Crippen LogP contribution in [0, 0.1) is 0 Å². The number of para-hydroxylation sites is 1. The van der Waals surface area contributed by atoms with E-state index in [9.17, 15) is 19.2 Å². The lowest BCUT2D eigenvalue weighted by molar-refractivity contribution is -0.135. The van der Waals surface area contributed by atoms with E-state index >= 15 is 0 Å². The number of nitrogens with zero attached hydrogens (tertiary/aromatic N) is 5. The van der Waals surface area contributed by atoms with Crippen LogP contribution in [-0.4, -0.2) is 74.8 Å². The number of imide groups is 1. The van der Waals surface area contributed by atoms with Gasteiger partial charge >= 0.3 is 11.8 Å². The van der Waals surface area contributed by atoms with Gasteiger partial charge in [-0.25, -0.2) is 9.59 Å². The molecule has 2 aromatic carbocycles. The molecule has 1 unspecified atom stereocenters. The molecule has 2 N–H and O–H groups in total. The lowest BCUT2D eigenvalue weighted by Crippen LogP contribution is -2.44. The molecule has 3 aliphatic rings. The maximum Gasteiger partial charge on any atom is 0.412 e. The van der Waals surface area contributed by atoms with Crippen LogP contribution in [0.3, 0.4) is 0 Å². The maximum atomic E-state index is 13.4. The molecular formula is C37H47N7O7. The Kier molecular flexibility index (Phi) is 9.29. The monoisotopic (exact) mass is 701 g/mol. The summed E-state index contributed by atoms with van der Waals surface area (Å²) >= 11 is 0. The average molecular weight is 702 g/mol. The Bertz CT molecular complexity index is 2020. The number of hydrogen-bond acceptors (Lipinski definition) is 9. The van der Waals surface area contributed by atoms with Crippen LogP contribution >= 0.6 is 0 Å². The number of imidazole rings is 1. The van der Waals surface area contributed by atoms with E-state index in [0.29, 0.717) is 23.4 Å². The number of ether oxygens (including phenoxy) is 3. The van der Waals surface area contributed by atoms with Gasteiger partial charge in [-0.05, 0) is 83.9 Å². The third-order valence-electron chi connectivity index (χ3n) is 10.3. The number of anilines is 2. The minimum atomic E-state index is -0.708. The Morgan fingerprint density at radius 3 is 2.39 bits per heavy atom. The summed E-state index contributed by atoms with van der Waals surface area (Å²) in [7, 11) is 3.31. The molecule has 2 aliphatic heterocycles. The van der Waals surface area contributed by atoms with E-state index in [1.807, 2.05) is 62.0 Å². The van der Waals surface area contributed by atoms with Crippen LogP contribution in [0.15, 0.2) is 41.3 Å². The molecule has 1 saturated carbocycles. The predicted octanol–water partition coefficient (Wildman–Crippen LogP) is 5.19. The van der Waals surface area contributed by atoms with Crippen LogP contribution in [0.4, 0.5) is 16.2 Å². The molecule has 14 nitrogen and oxygen atoms in total. The number of methoxy groups -OCH3 is 1. The molecule has 3 amide bonds. The quantitative estimate of drug-likeness (QED) is 0.248. The summed E-state index contributed by atoms with van der Waals surface area (Å²) in [6.45, 7) is 7.06. The molecule has 0 radical (unpaired) electrons. The molecule has 0 bridgehead atoms. The summed E-state index contributed by atoms with van der Waals surface area (Å²) in [4.78, 5) is 52.5. The fraction of sp³-hybridized carbons (Fsp3) is 0.541. The van der Waals surface area contributed by atoms with Gasteiger partial charge in [-0.15, -0.1) is 0 Å². The fourth-order valence-corrected chi connectivity index (χ4v) is 7.79. The lowest BCUT2D eigenvalue weighted by atomic mass is 9.92. The normalized spacial score (nSPS) is 22.0. The number of rotatable bonds is 7. The fourth-order valence-electron chi connectivity index (χ4n) is 7.79. The van der Waals surface area contributed by atoms with Crippen molar-refractivity contribution in [2.24, 2.45) is 7.05 Å². The number of amides is 3. The standard InChI is InChI=1S/C37H47N7O7/c1-37(2,3)51-35(47)38-27-19-22-21-43(40-26(22)20-31(27)49-5)23-9-11-24(12-10-23)50-25-15-17-42(18-16-25)28-7-6-8-29-33(28)41(4)36(48)44(29)30-13-14-32(45)39-34(30)46/h6-8,19-21,23-25,30H,9-18H2,1-5H3,(H,38,47)(H,39,45,46). The number of aromatic nitrogens is 4. The second-order valence-electron chi connectivity index (χ2n) is 14.9. The minimum Gasteiger partial charge on any atom is -0.494 e. The maximum absolute atomic E-state index is 13.4. The number of carbonyl (C=O) groups excluding carboxylic acids is 3. The van der Waals surface area contributed by atoms with E-state index in [2.05, 4.69) is 15.5 Å². The molecule has 14 heteroatoms. The second kappa shape index (κ2) is 13.7. The number of benzene rings is 2. The van der Waals surface area contributed by atoms with Gasteiger partial charge in [0.2, 0.25) is 11.8 Å². The zero-order valence-electron chi connectivity index (χ0n) is 29.9. The molecule has 1 aliphatic carbocycles. The Balaban J connectivity index is 0.954. The van der Waals surface area contributed by atoms with Crippen molar-refractivity contribution in [3.8, 4) is 5.75 Å². The van der Waals surface area contributed by atoms with Crippen LogP contribution in [0.5, 0.6) is 5.75 Å². The van der Waals surface area contributed by atoms with Crippen molar-refractivity contribution < 1.29 is 28.6 Å². The number of fused-ring (bicyclic) bond motifs is 2. The largest absolute Gasteiger partial charge is 0.494 e. The Morgan fingerprint density at radius 2 is 1.71 bits per heavy atom. The summed E-state index contributed by atoms with van der Waals surface area (Å²) < 4.78 is 22.8. The van der Waals surface area contributed by atoms with Crippen molar-refractivity contribution in [3.05, 3.63) is 47.0 Å². The molecule has 7 rings (SSSR count). The smallest absolute Gasteiger partial charge is 0.412 e. The van der Waals surface area contributed by atoms with E-state index in [1.165, 1.54) is 4.57 Å². The van der Waals surface area contributed by atoms with Crippen LogP contribution < -0.4 is 26.0 Å². The van der Waals surface area contributed by atoms with Crippen LogP contribution in [-0.2, 0) is 26.1 Å². The first kappa shape index (κ1) is 34.6. The summed E-state index contributed by atoms with van der Waals surface area (Å²) in [6.07, 6.45) is 7.94. The highest BCUT2D eigenvalue weighted by Gasteiger charge is 2.33. The Hall–Kier alpha value is -4.85. The zero-order valence-corrected chi connectivity index (χ0v) is 29.9. The summed E-state index contributed by atoms with van der Waals surface area (Å²) in [5.74, 6) is -0.212. The van der Waals surface area contributed by atoms with E-state index in [-0.39, 0.29) is 36.3 Å². The third kappa shape index (κ3) is 7.06. The number of carbonyl (C=O) groups is 3. The van der Waals surface area contributed by atoms with E-state index in [4.69, 9.17) is 19.3 Å². The van der Waals surface area contributed by atoms with E-state index < -0.39 is 23.6 Å². The first-order valence-corrected chi connectivity index (χ1v) is 17.9. The highest BCUT2D eigenvalue weighted by atomic mass is 16.6. The van der Waals surface area contributed by atoms with Gasteiger partial charge in [0, 0.05) is 44.2 Å². The summed E-state index contributed by atoms with van der Waals surface area (Å²) in [5, 5.41) is 11.0. The van der Waals surface area contributed by atoms with Crippen molar-refractivity contribution >= 4 is 51.2 Å². The SMILES string of the molecule is COc1cc2nn(C3CCC(OC4CCN(c5cccc6c5n(C)c(=O)n6C5CCC(=O)NC5=O)CC4)CC3)cc2cc1NC(=O)OC(C)(C)C. The van der Waals surface area contributed by atoms with Crippen molar-refractivity contribution in [1.82, 2.24) is 24.2 Å². The van der Waals surface area contributed by atoms with Gasteiger partial charge in [-0.1, -0.05) is 6.07 Å². The van der Waals surface area contributed by atoms with Crippen molar-refractivity contribution in [3.63, 3.8) is 0 Å². The topological polar surface area (TPSA) is 151 Å². The van der Waals surface area contributed by atoms with Crippen molar-refractivity contribution in [1.29, 1.82) is 0 Å². The molecule has 1 atom stereocenters. The number of nitrogens with one attached hydrogen (secondary N) is 2. The highest BCUT2D eigenvalue weighted by molar-refractivity contribution is 6.00. The van der Waals surface area contributed by atoms with Crippen LogP contribution in [0.25, 0.3) is 21.9 Å². The second-order valence-corrected chi connectivity index (χ2v) is 14.9. The predicted molar refractivity (Wildman–Crippen MR) is 192 cm³/mol. The van der Waals surface area contributed by atoms with E-state index in [1.54, 1.807) is 18.7 Å². The van der Waals surface area contributed by atoms with Crippen LogP contribution in [0.1, 0.15) is 84.2 Å². The number of piperidine rings is 2. The van der Waals surface area contributed by atoms with Crippen molar-refractivity contribution in [2.45, 2.75) is 102 Å². The first-order valence-electron chi connectivity index (χ1n) is 17.9. The van der Waals surface area contributed by atoms with Crippen molar-refractivity contribution in [2.75, 3.05) is 30.4 Å². The Labute approximate surface area is 296 Å². The van der Waals surface area contributed by atoms with Gasteiger partial charge in [0.05, 0.1) is 53.3 Å². The Morgan fingerprint density at radius 1 is 0.980 bits per heavy atom. The first-order chi connectivity index (χ1) is 24.4. The molecule has 2 aromatic heterocycles. The lowest BCUT2D eigenvalue weighted by Gasteiger charge is -2.37. The summed E-state index contributed by atoms with van der Waals surface area (Å²) in [5.41, 5.74) is 2.93. The molecule has 51 heavy (non-hydrogen) atoms. The van der Waals surface area contributed by atoms with E-state index in [0.717, 1.165) is 73.7 Å².